The van der Waals surface area contributed by atoms with E-state index in [1.807, 2.05) is 11.4 Å². The first kappa shape index (κ1) is 20.9. The smallest absolute Gasteiger partial charge is 0.251 e. The molecule has 2 aromatic rings. The van der Waals surface area contributed by atoms with Crippen LogP contribution in [0.4, 0.5) is 0 Å². The molecule has 2 N–H and O–H groups in total. The third-order valence-electron chi connectivity index (χ3n) is 4.77. The van der Waals surface area contributed by atoms with E-state index in [0.29, 0.717) is 38.4 Å². The molecule has 0 saturated carbocycles. The molecule has 1 atom stereocenters. The Labute approximate surface area is 170 Å². The van der Waals surface area contributed by atoms with Gasteiger partial charge in [-0.3, -0.25) is 4.79 Å². The number of nitrogens with one attached hydrogen (secondary N) is 2. The van der Waals surface area contributed by atoms with Crippen LogP contribution < -0.4 is 10.2 Å². The molecule has 1 aliphatic heterocycles. The van der Waals surface area contributed by atoms with E-state index in [4.69, 9.17) is 4.74 Å². The molecule has 0 spiro atoms. The molecule has 0 radical (unpaired) electrons. The lowest BCUT2D eigenvalue weighted by molar-refractivity contribution is -0.890. The van der Waals surface area contributed by atoms with Gasteiger partial charge in [0.2, 0.25) is 10.0 Å². The highest BCUT2D eigenvalue weighted by Crippen LogP contribution is 2.18. The second-order valence-electron chi connectivity index (χ2n) is 6.90. The molecule has 152 valence electrons. The molecule has 1 aromatic carbocycles. The van der Waals surface area contributed by atoms with Crippen LogP contribution in [-0.4, -0.2) is 65.6 Å². The van der Waals surface area contributed by atoms with Crippen molar-refractivity contribution >= 4 is 27.3 Å². The van der Waals surface area contributed by atoms with Gasteiger partial charge in [0.05, 0.1) is 43.6 Å². The highest BCUT2D eigenvalue weighted by atomic mass is 32.2. The van der Waals surface area contributed by atoms with E-state index < -0.39 is 10.0 Å². The molecule has 1 amide bonds. The van der Waals surface area contributed by atoms with Crippen molar-refractivity contribution in [2.24, 2.45) is 0 Å². The normalized spacial score (nSPS) is 16.8. The van der Waals surface area contributed by atoms with Gasteiger partial charge in [-0.1, -0.05) is 6.07 Å². The Morgan fingerprint density at radius 1 is 1.21 bits per heavy atom. The summed E-state index contributed by atoms with van der Waals surface area (Å²) in [7, 11) is 0.563. The molecule has 7 nitrogen and oxygen atoms in total. The highest BCUT2D eigenvalue weighted by Gasteiger charge is 2.26. The van der Waals surface area contributed by atoms with Crippen molar-refractivity contribution in [1.82, 2.24) is 9.62 Å². The summed E-state index contributed by atoms with van der Waals surface area (Å²) < 4.78 is 31.9. The first-order chi connectivity index (χ1) is 13.4. The molecule has 1 fully saturated rings. The molecule has 1 saturated heterocycles. The molecule has 1 aliphatic rings. The number of nitrogens with zero attached hydrogens (tertiary/aromatic N) is 1. The Morgan fingerprint density at radius 2 is 1.89 bits per heavy atom. The maximum atomic E-state index is 12.7. The number of ether oxygens (including phenoxy) is 1. The van der Waals surface area contributed by atoms with E-state index in [0.717, 1.165) is 0 Å². The van der Waals surface area contributed by atoms with E-state index in [2.05, 4.69) is 25.5 Å². The zero-order chi connectivity index (χ0) is 20.1. The second kappa shape index (κ2) is 9.15. The standard InChI is InChI=1S/C19H25N3O4S2/c1-21(2)17(18-4-3-13-27-18)14-20-19(23)15-5-7-16(8-6-15)28(24,25)22-9-11-26-12-10-22/h3-8,13,17H,9-12,14H2,1-2H3,(H,20,23)/p+1/t17-/m0/s1. The molecule has 1 aromatic heterocycles. The topological polar surface area (TPSA) is 80.2 Å². The SMILES string of the molecule is C[NH+](C)[C@@H](CNC(=O)c1ccc(S(=O)(=O)N2CCOCC2)cc1)c1cccs1. The van der Waals surface area contributed by atoms with Crippen LogP contribution in [0, 0.1) is 0 Å². The van der Waals surface area contributed by atoms with E-state index in [-0.39, 0.29) is 16.8 Å². The number of sulfonamides is 1. The van der Waals surface area contributed by atoms with Crippen LogP contribution in [0.3, 0.4) is 0 Å². The fourth-order valence-electron chi connectivity index (χ4n) is 3.09. The van der Waals surface area contributed by atoms with Gasteiger partial charge in [-0.15, -0.1) is 11.3 Å². The Bertz CT molecular complexity index is 874. The van der Waals surface area contributed by atoms with Gasteiger partial charge < -0.3 is 15.0 Å². The van der Waals surface area contributed by atoms with Gasteiger partial charge in [0, 0.05) is 18.7 Å². The number of likely N-dealkylation sites (N-methyl/N-ethyl adjacent to an activating group) is 1. The van der Waals surface area contributed by atoms with Gasteiger partial charge in [0.25, 0.3) is 5.91 Å². The predicted molar refractivity (Wildman–Crippen MR) is 108 cm³/mol. The Kier molecular flexibility index (Phi) is 6.84. The van der Waals surface area contributed by atoms with Crippen LogP contribution in [0.2, 0.25) is 0 Å². The number of carbonyl (C=O) groups excluding carboxylic acids is 1. The number of amides is 1. The van der Waals surface area contributed by atoms with Gasteiger partial charge >= 0.3 is 0 Å². The fourth-order valence-corrected chi connectivity index (χ4v) is 5.45. The van der Waals surface area contributed by atoms with Gasteiger partial charge in [-0.2, -0.15) is 4.31 Å². The second-order valence-corrected chi connectivity index (χ2v) is 9.81. The summed E-state index contributed by atoms with van der Waals surface area (Å²) in [5, 5.41) is 4.99. The third kappa shape index (κ3) is 4.79. The number of thiophene rings is 1. The quantitative estimate of drug-likeness (QED) is 0.674. The summed E-state index contributed by atoms with van der Waals surface area (Å²) in [5.74, 6) is -0.210. The molecule has 3 rings (SSSR count). The van der Waals surface area contributed by atoms with Gasteiger partial charge in [0.15, 0.2) is 0 Å². The van der Waals surface area contributed by atoms with Crippen molar-refractivity contribution in [2.75, 3.05) is 46.9 Å². The van der Waals surface area contributed by atoms with Crippen molar-refractivity contribution in [1.29, 1.82) is 0 Å². The number of carbonyl (C=O) groups is 1. The Morgan fingerprint density at radius 3 is 2.46 bits per heavy atom. The van der Waals surface area contributed by atoms with E-state index in [1.165, 1.54) is 26.2 Å². The zero-order valence-electron chi connectivity index (χ0n) is 16.1. The minimum absolute atomic E-state index is 0.171. The highest BCUT2D eigenvalue weighted by molar-refractivity contribution is 7.89. The number of benzene rings is 1. The van der Waals surface area contributed by atoms with Gasteiger partial charge in [0.1, 0.15) is 6.04 Å². The monoisotopic (exact) mass is 424 g/mol. The number of hydrogen-bond acceptors (Lipinski definition) is 5. The van der Waals surface area contributed by atoms with Gasteiger partial charge in [-0.25, -0.2) is 8.42 Å². The van der Waals surface area contributed by atoms with Crippen LogP contribution >= 0.6 is 11.3 Å². The lowest BCUT2D eigenvalue weighted by atomic mass is 10.2. The average molecular weight is 425 g/mol. The number of hydrogen-bond donors (Lipinski definition) is 2. The summed E-state index contributed by atoms with van der Waals surface area (Å²) >= 11 is 1.67. The summed E-state index contributed by atoms with van der Waals surface area (Å²) in [6, 6.07) is 10.4. The predicted octanol–water partition coefficient (Wildman–Crippen LogP) is 0.385. The lowest BCUT2D eigenvalue weighted by Crippen LogP contribution is -3.06. The van der Waals surface area contributed by atoms with Crippen LogP contribution in [0.25, 0.3) is 0 Å². The molecule has 0 unspecified atom stereocenters. The Hall–Kier alpha value is -1.78. The summed E-state index contributed by atoms with van der Waals surface area (Å²) in [4.78, 5) is 15.2. The first-order valence-electron chi connectivity index (χ1n) is 9.19. The third-order valence-corrected chi connectivity index (χ3v) is 7.67. The average Bonchev–Trinajstić information content (AvgIpc) is 3.23. The molecular formula is C19H26N3O4S2+. The maximum Gasteiger partial charge on any atom is 0.251 e. The van der Waals surface area contributed by atoms with Crippen molar-refractivity contribution in [2.45, 2.75) is 10.9 Å². The van der Waals surface area contributed by atoms with Crippen LogP contribution in [0.1, 0.15) is 21.3 Å². The summed E-state index contributed by atoms with van der Waals surface area (Å²) in [6.07, 6.45) is 0. The van der Waals surface area contributed by atoms with Crippen LogP contribution in [-0.2, 0) is 14.8 Å². The number of rotatable bonds is 7. The van der Waals surface area contributed by atoms with Crippen molar-refractivity contribution in [3.63, 3.8) is 0 Å². The van der Waals surface area contributed by atoms with Crippen molar-refractivity contribution < 1.29 is 22.8 Å². The first-order valence-corrected chi connectivity index (χ1v) is 11.5. The molecule has 2 heterocycles. The molecule has 9 heteroatoms. The molecule has 0 aliphatic carbocycles. The Balaban J connectivity index is 1.65. The lowest BCUT2D eigenvalue weighted by Gasteiger charge is -2.26. The maximum absolute atomic E-state index is 12.7. The van der Waals surface area contributed by atoms with Crippen molar-refractivity contribution in [3.8, 4) is 0 Å². The van der Waals surface area contributed by atoms with Crippen LogP contribution in [0.15, 0.2) is 46.7 Å². The van der Waals surface area contributed by atoms with Crippen LogP contribution in [0.5, 0.6) is 0 Å². The molecular weight excluding hydrogens is 398 g/mol. The number of quaternary nitrogens is 1. The van der Waals surface area contributed by atoms with E-state index in [1.54, 1.807) is 23.5 Å². The number of morpholine rings is 1. The fraction of sp³-hybridized carbons (Fsp3) is 0.421. The largest absolute Gasteiger partial charge is 0.379 e. The minimum atomic E-state index is -3.55. The minimum Gasteiger partial charge on any atom is -0.379 e. The summed E-state index contributed by atoms with van der Waals surface area (Å²) in [5.41, 5.74) is 0.444. The van der Waals surface area contributed by atoms with Crippen molar-refractivity contribution in [3.05, 3.63) is 52.2 Å². The molecule has 28 heavy (non-hydrogen) atoms. The molecule has 0 bridgehead atoms. The van der Waals surface area contributed by atoms with E-state index in [9.17, 15) is 13.2 Å². The van der Waals surface area contributed by atoms with E-state index >= 15 is 0 Å². The van der Waals surface area contributed by atoms with Gasteiger partial charge in [-0.05, 0) is 35.7 Å². The zero-order valence-corrected chi connectivity index (χ0v) is 17.7. The summed E-state index contributed by atoms with van der Waals surface area (Å²) in [6.45, 7) is 2.01.